The fraction of sp³-hybridized carbons (Fsp3) is 0.556. The quantitative estimate of drug-likeness (QED) is 0.496. The lowest BCUT2D eigenvalue weighted by atomic mass is 10.00. The molecule has 10 nitrogen and oxygen atoms in total. The van der Waals surface area contributed by atoms with Crippen LogP contribution in [0.5, 0.6) is 0 Å². The summed E-state index contributed by atoms with van der Waals surface area (Å²) >= 11 is 0. The van der Waals surface area contributed by atoms with Gasteiger partial charge in [0.05, 0.1) is 12.1 Å². The van der Waals surface area contributed by atoms with Crippen LogP contribution < -0.4 is 0 Å². The van der Waals surface area contributed by atoms with Crippen molar-refractivity contribution in [3.05, 3.63) is 23.9 Å². The highest BCUT2D eigenvalue weighted by Gasteiger charge is 2.59. The van der Waals surface area contributed by atoms with Gasteiger partial charge in [0.2, 0.25) is 0 Å². The van der Waals surface area contributed by atoms with E-state index in [2.05, 4.69) is 0 Å². The van der Waals surface area contributed by atoms with Crippen LogP contribution in [0.25, 0.3) is 0 Å². The second-order valence-corrected chi connectivity index (χ2v) is 6.58. The van der Waals surface area contributed by atoms with Crippen LogP contribution in [0.1, 0.15) is 27.7 Å². The fourth-order valence-corrected chi connectivity index (χ4v) is 3.18. The molecule has 1 fully saturated rings. The molecule has 4 unspecified atom stereocenters. The molecule has 2 aliphatic heterocycles. The van der Waals surface area contributed by atoms with Crippen LogP contribution in [-0.4, -0.2) is 71.1 Å². The van der Waals surface area contributed by atoms with Gasteiger partial charge < -0.3 is 29.0 Å². The summed E-state index contributed by atoms with van der Waals surface area (Å²) in [5, 5.41) is 9.28. The predicted molar refractivity (Wildman–Crippen MR) is 92.6 cm³/mol. The Morgan fingerprint density at radius 2 is 1.82 bits per heavy atom. The lowest BCUT2D eigenvalue weighted by molar-refractivity contribution is -0.185. The molecule has 0 bridgehead atoms. The summed E-state index contributed by atoms with van der Waals surface area (Å²) in [6.45, 7) is 4.91. The van der Waals surface area contributed by atoms with Crippen LogP contribution in [0.4, 0.5) is 0 Å². The number of aliphatic carboxylic acids is 1. The topological polar surface area (TPSA) is 129 Å². The van der Waals surface area contributed by atoms with Crippen LogP contribution in [0.2, 0.25) is 0 Å². The minimum atomic E-state index is -1.37. The van der Waals surface area contributed by atoms with Crippen LogP contribution in [0.15, 0.2) is 23.9 Å². The second-order valence-electron chi connectivity index (χ2n) is 6.58. The van der Waals surface area contributed by atoms with Crippen molar-refractivity contribution in [3.63, 3.8) is 0 Å². The van der Waals surface area contributed by atoms with Gasteiger partial charge in [-0.05, 0) is 19.1 Å². The Balaban J connectivity index is 2.38. The van der Waals surface area contributed by atoms with Crippen molar-refractivity contribution in [3.8, 4) is 0 Å². The van der Waals surface area contributed by atoms with E-state index in [-0.39, 0.29) is 18.7 Å². The summed E-state index contributed by atoms with van der Waals surface area (Å²) in [6.07, 6.45) is 1.48. The Kier molecular flexibility index (Phi) is 6.45. The van der Waals surface area contributed by atoms with Crippen molar-refractivity contribution in [1.29, 1.82) is 0 Å². The number of carboxylic acids is 1. The lowest BCUT2D eigenvalue weighted by Gasteiger charge is -2.41. The van der Waals surface area contributed by atoms with E-state index in [1.54, 1.807) is 13.1 Å². The molecular weight excluding hydrogens is 374 g/mol. The van der Waals surface area contributed by atoms with E-state index in [0.717, 1.165) is 0 Å². The zero-order chi connectivity index (χ0) is 21.1. The highest BCUT2D eigenvalue weighted by molar-refractivity contribution is 5.87. The molecule has 0 radical (unpaired) electrons. The summed E-state index contributed by atoms with van der Waals surface area (Å²) < 4.78 is 21.7. The molecule has 10 heteroatoms. The maximum absolute atomic E-state index is 11.7. The van der Waals surface area contributed by atoms with Crippen molar-refractivity contribution in [2.45, 2.75) is 51.7 Å². The number of allylic oxidation sites excluding steroid dienone is 2. The van der Waals surface area contributed by atoms with Gasteiger partial charge in [0.25, 0.3) is 0 Å². The first-order valence-electron chi connectivity index (χ1n) is 8.57. The van der Waals surface area contributed by atoms with E-state index in [0.29, 0.717) is 0 Å². The fourth-order valence-electron chi connectivity index (χ4n) is 3.18. The number of hydrogen-bond donors (Lipinski definition) is 1. The number of carbonyl (C=O) groups excluding carboxylic acids is 3. The van der Waals surface area contributed by atoms with Gasteiger partial charge in [-0.1, -0.05) is 0 Å². The molecule has 2 aliphatic rings. The molecule has 0 aliphatic carbocycles. The molecular formula is C18H23NO9. The molecule has 0 amide bonds. The Morgan fingerprint density at radius 3 is 2.36 bits per heavy atom. The summed E-state index contributed by atoms with van der Waals surface area (Å²) in [4.78, 5) is 47.4. The van der Waals surface area contributed by atoms with E-state index in [1.807, 2.05) is 0 Å². The van der Waals surface area contributed by atoms with Gasteiger partial charge >= 0.3 is 23.9 Å². The smallest absolute Gasteiger partial charge is 0.333 e. The molecule has 0 aromatic rings. The normalized spacial score (nSPS) is 29.1. The van der Waals surface area contributed by atoms with Crippen molar-refractivity contribution >= 4 is 23.9 Å². The maximum Gasteiger partial charge on any atom is 0.333 e. The van der Waals surface area contributed by atoms with Gasteiger partial charge in [-0.15, -0.1) is 0 Å². The predicted octanol–water partition coefficient (Wildman–Crippen LogP) is 0.368. The van der Waals surface area contributed by atoms with Gasteiger partial charge in [-0.3, -0.25) is 14.4 Å². The number of ether oxygens (including phenoxy) is 4. The lowest BCUT2D eigenvalue weighted by Crippen LogP contribution is -2.55. The first kappa shape index (κ1) is 21.4. The average Bonchev–Trinajstić information content (AvgIpc) is 2.85. The number of hydrogen-bond acceptors (Lipinski definition) is 9. The van der Waals surface area contributed by atoms with Gasteiger partial charge in [0.1, 0.15) is 12.7 Å². The Hall–Kier alpha value is -2.88. The van der Waals surface area contributed by atoms with E-state index in [1.165, 1.54) is 37.8 Å². The summed E-state index contributed by atoms with van der Waals surface area (Å²) in [5.74, 6) is -2.94. The molecule has 0 aromatic heterocycles. The first-order chi connectivity index (χ1) is 13.0. The molecule has 2 rings (SSSR count). The van der Waals surface area contributed by atoms with Crippen LogP contribution >= 0.6 is 0 Å². The molecule has 1 N–H and O–H groups in total. The highest BCUT2D eigenvalue weighted by atomic mass is 16.7. The van der Waals surface area contributed by atoms with E-state index in [4.69, 9.17) is 18.9 Å². The monoisotopic (exact) mass is 397 g/mol. The van der Waals surface area contributed by atoms with E-state index < -0.39 is 47.9 Å². The molecule has 0 spiro atoms. The van der Waals surface area contributed by atoms with Crippen LogP contribution in [0.3, 0.4) is 0 Å². The third kappa shape index (κ3) is 4.69. The van der Waals surface area contributed by atoms with Crippen LogP contribution in [-0.2, 0) is 38.1 Å². The van der Waals surface area contributed by atoms with Crippen LogP contribution in [0, 0.1) is 0 Å². The molecule has 154 valence electrons. The third-order valence-corrected chi connectivity index (χ3v) is 4.38. The van der Waals surface area contributed by atoms with Crippen molar-refractivity contribution < 1.29 is 43.2 Å². The summed E-state index contributed by atoms with van der Waals surface area (Å²) in [7, 11) is 0. The number of carboxylic acid groups (broad SMARTS) is 1. The third-order valence-electron chi connectivity index (χ3n) is 4.38. The number of carbonyl (C=O) groups is 4. The molecule has 28 heavy (non-hydrogen) atoms. The number of rotatable bonds is 6. The maximum atomic E-state index is 11.7. The zero-order valence-corrected chi connectivity index (χ0v) is 16.0. The Bertz CT molecular complexity index is 729. The first-order valence-corrected chi connectivity index (χ1v) is 8.57. The summed E-state index contributed by atoms with van der Waals surface area (Å²) in [6, 6.07) is 0. The van der Waals surface area contributed by atoms with Crippen molar-refractivity contribution in [2.24, 2.45) is 0 Å². The number of nitrogens with zero attached hydrogens (tertiary/aromatic N) is 1. The standard InChI is InChI=1S/C18H23NO9/c1-10(20)25-9-14-15(26-11(2)21)16(27-12(3)22)18(4,28-14)19-7-5-6-13(8-19)17(23)24/h5-7,14-16H,8-9H2,1-4H3,(H,23,24). The second kappa shape index (κ2) is 8.42. The van der Waals surface area contributed by atoms with E-state index in [9.17, 15) is 24.3 Å². The van der Waals surface area contributed by atoms with Gasteiger partial charge in [-0.25, -0.2) is 4.79 Å². The number of esters is 3. The zero-order valence-electron chi connectivity index (χ0n) is 16.0. The minimum Gasteiger partial charge on any atom is -0.478 e. The average molecular weight is 397 g/mol. The SMILES string of the molecule is CC(=O)OCC1OC(C)(N2C=CC=C(C(=O)O)C2)C(OC(C)=O)C1OC(C)=O. The largest absolute Gasteiger partial charge is 0.478 e. The Morgan fingerprint density at radius 1 is 1.18 bits per heavy atom. The minimum absolute atomic E-state index is 0.0345. The molecule has 0 saturated carbocycles. The summed E-state index contributed by atoms with van der Waals surface area (Å²) in [5.41, 5.74) is -1.27. The van der Waals surface area contributed by atoms with E-state index >= 15 is 0 Å². The molecule has 4 atom stereocenters. The van der Waals surface area contributed by atoms with Gasteiger partial charge in [0, 0.05) is 27.0 Å². The molecule has 0 aromatic carbocycles. The Labute approximate surface area is 161 Å². The van der Waals surface area contributed by atoms with Crippen molar-refractivity contribution in [1.82, 2.24) is 4.90 Å². The molecule has 2 heterocycles. The van der Waals surface area contributed by atoms with Gasteiger partial charge in [-0.2, -0.15) is 0 Å². The van der Waals surface area contributed by atoms with Crippen molar-refractivity contribution in [2.75, 3.05) is 13.2 Å². The van der Waals surface area contributed by atoms with Gasteiger partial charge in [0.15, 0.2) is 17.9 Å². The highest BCUT2D eigenvalue weighted by Crippen LogP contribution is 2.39. The molecule has 1 saturated heterocycles.